The van der Waals surface area contributed by atoms with Crippen LogP contribution in [0.1, 0.15) is 0 Å². The van der Waals surface area contributed by atoms with Crippen LogP contribution < -0.4 is 11.1 Å². The molecule has 1 rings (SSSR count). The number of aromatic nitrogens is 2. The number of carbonyl (C=O) groups excluding carboxylic acids is 1. The first kappa shape index (κ1) is 10.1. The molecule has 1 amide bonds. The van der Waals surface area contributed by atoms with Gasteiger partial charge in [-0.25, -0.2) is 0 Å². The van der Waals surface area contributed by atoms with Crippen molar-refractivity contribution >= 4 is 17.9 Å². The van der Waals surface area contributed by atoms with Crippen molar-refractivity contribution in [1.29, 1.82) is 5.41 Å². The zero-order valence-electron chi connectivity index (χ0n) is 7.77. The maximum atomic E-state index is 11.0. The van der Waals surface area contributed by atoms with E-state index >= 15 is 0 Å². The predicted octanol–water partition coefficient (Wildman–Crippen LogP) is -1.62. The number of hydrogen-bond donors (Lipinski definition) is 3. The van der Waals surface area contributed by atoms with Gasteiger partial charge < -0.3 is 11.1 Å². The van der Waals surface area contributed by atoms with E-state index in [1.54, 1.807) is 30.8 Å². The Bertz CT molecular complexity index is 365. The summed E-state index contributed by atoms with van der Waals surface area (Å²) in [4.78, 5) is 11.0. The first-order valence-corrected chi connectivity index (χ1v) is 4.04. The van der Waals surface area contributed by atoms with Crippen LogP contribution in [-0.2, 0) is 4.79 Å². The van der Waals surface area contributed by atoms with Crippen LogP contribution in [0.15, 0.2) is 24.0 Å². The van der Waals surface area contributed by atoms with Gasteiger partial charge in [-0.3, -0.25) is 10.1 Å². The average molecular weight is 194 g/mol. The zero-order chi connectivity index (χ0) is 10.6. The lowest BCUT2D eigenvalue weighted by Gasteiger charge is -2.04. The Kier molecular flexibility index (Phi) is 3.14. The van der Waals surface area contributed by atoms with Crippen LogP contribution in [0.4, 0.5) is 0 Å². The first-order chi connectivity index (χ1) is 6.70. The topological polar surface area (TPSA) is 101 Å². The number of hydrogen-bond acceptors (Lipinski definition) is 3. The highest BCUT2D eigenvalue weighted by Crippen LogP contribution is 1.99. The minimum atomic E-state index is -0.636. The molecule has 74 valence electrons. The van der Waals surface area contributed by atoms with E-state index < -0.39 is 5.91 Å². The fraction of sp³-hybridized carbons (Fsp3) is 0.125. The van der Waals surface area contributed by atoms with Gasteiger partial charge in [0.2, 0.25) is 5.82 Å². The van der Waals surface area contributed by atoms with Gasteiger partial charge in [0.05, 0.1) is 7.05 Å². The van der Waals surface area contributed by atoms with Crippen LogP contribution in [0, 0.1) is 5.41 Å². The van der Waals surface area contributed by atoms with E-state index in [1.165, 1.54) is 4.68 Å². The van der Waals surface area contributed by atoms with Crippen LogP contribution in [0.25, 0.3) is 5.82 Å². The van der Waals surface area contributed by atoms with Crippen molar-refractivity contribution in [3.8, 4) is 0 Å². The van der Waals surface area contributed by atoms with Gasteiger partial charge in [-0.2, -0.15) is 9.78 Å². The number of rotatable bonds is 4. The molecule has 0 unspecified atom stereocenters. The standard InChI is InChI=1S/C8H11N5O/c1-11-8(6(5-9)7(10)14)13-4-2-3-12-13/h2-5,9,11H,1H3,(H2,10,14)/p+1/b8-6-,9-5?. The SMILES string of the molecule is C[NH2+]/C(=C(\C=N)C(N)=O)n1cccn1. The summed E-state index contributed by atoms with van der Waals surface area (Å²) in [7, 11) is 1.75. The number of amides is 1. The highest BCUT2D eigenvalue weighted by Gasteiger charge is 2.14. The molecule has 1 aromatic rings. The molecule has 0 aromatic carbocycles. The molecule has 0 fully saturated rings. The van der Waals surface area contributed by atoms with E-state index in [4.69, 9.17) is 11.1 Å². The molecule has 0 bridgehead atoms. The molecule has 0 spiro atoms. The molecule has 0 atom stereocenters. The molecular formula is C8H12N5O+. The first-order valence-electron chi connectivity index (χ1n) is 4.04. The Morgan fingerprint density at radius 2 is 2.43 bits per heavy atom. The number of nitrogens with one attached hydrogen (secondary N) is 1. The summed E-state index contributed by atoms with van der Waals surface area (Å²) in [6, 6.07) is 1.73. The van der Waals surface area contributed by atoms with Crippen molar-refractivity contribution in [3.05, 3.63) is 24.0 Å². The van der Waals surface area contributed by atoms with Gasteiger partial charge in [-0.1, -0.05) is 0 Å². The predicted molar refractivity (Wildman–Crippen MR) is 51.3 cm³/mol. The smallest absolute Gasteiger partial charge is 0.258 e. The molecule has 0 aliphatic rings. The van der Waals surface area contributed by atoms with Crippen molar-refractivity contribution in [2.75, 3.05) is 7.05 Å². The van der Waals surface area contributed by atoms with E-state index in [9.17, 15) is 4.79 Å². The van der Waals surface area contributed by atoms with Crippen LogP contribution in [0.5, 0.6) is 0 Å². The number of primary amides is 1. The fourth-order valence-corrected chi connectivity index (χ4v) is 1.09. The second-order valence-electron chi connectivity index (χ2n) is 2.55. The normalized spacial score (nSPS) is 12.1. The van der Waals surface area contributed by atoms with Crippen LogP contribution >= 0.6 is 0 Å². The molecule has 0 saturated carbocycles. The van der Waals surface area contributed by atoms with Gasteiger partial charge >= 0.3 is 0 Å². The summed E-state index contributed by atoms with van der Waals surface area (Å²) >= 11 is 0. The molecule has 1 aromatic heterocycles. The molecule has 5 N–H and O–H groups in total. The maximum absolute atomic E-state index is 11.0. The van der Waals surface area contributed by atoms with Gasteiger partial charge in [-0.05, 0) is 6.07 Å². The Morgan fingerprint density at radius 1 is 1.71 bits per heavy atom. The number of carbonyl (C=O) groups is 1. The van der Waals surface area contributed by atoms with E-state index in [2.05, 4.69) is 5.10 Å². The Balaban J connectivity index is 3.24. The zero-order valence-corrected chi connectivity index (χ0v) is 7.77. The van der Waals surface area contributed by atoms with Crippen LogP contribution in [0.3, 0.4) is 0 Å². The van der Waals surface area contributed by atoms with Gasteiger partial charge in [0.15, 0.2) is 0 Å². The number of nitrogens with two attached hydrogens (primary N) is 2. The average Bonchev–Trinajstić information content (AvgIpc) is 2.65. The Labute approximate surface area is 80.9 Å². The third kappa shape index (κ3) is 1.86. The minimum Gasteiger partial charge on any atom is -0.365 e. The lowest BCUT2D eigenvalue weighted by molar-refractivity contribution is -0.538. The molecule has 1 heterocycles. The maximum Gasteiger partial charge on any atom is 0.258 e. The lowest BCUT2D eigenvalue weighted by atomic mass is 10.2. The Morgan fingerprint density at radius 3 is 2.79 bits per heavy atom. The fourth-order valence-electron chi connectivity index (χ4n) is 1.09. The summed E-state index contributed by atoms with van der Waals surface area (Å²) < 4.78 is 1.49. The monoisotopic (exact) mass is 194 g/mol. The van der Waals surface area contributed by atoms with Gasteiger partial charge in [0.25, 0.3) is 5.91 Å². The molecule has 0 saturated heterocycles. The molecule has 0 radical (unpaired) electrons. The summed E-state index contributed by atoms with van der Waals surface area (Å²) in [5.41, 5.74) is 5.26. The van der Waals surface area contributed by atoms with E-state index in [0.717, 1.165) is 6.21 Å². The molecule has 14 heavy (non-hydrogen) atoms. The second-order valence-corrected chi connectivity index (χ2v) is 2.55. The highest BCUT2D eigenvalue weighted by atomic mass is 16.1. The summed E-state index contributed by atoms with van der Waals surface area (Å²) in [6.45, 7) is 0. The second kappa shape index (κ2) is 4.33. The summed E-state index contributed by atoms with van der Waals surface area (Å²) in [5.74, 6) is -0.124. The van der Waals surface area contributed by atoms with Gasteiger partial charge in [0, 0.05) is 18.6 Å². The van der Waals surface area contributed by atoms with Crippen molar-refractivity contribution in [1.82, 2.24) is 9.78 Å². The molecular weight excluding hydrogens is 182 g/mol. The Hall–Kier alpha value is -1.95. The van der Waals surface area contributed by atoms with E-state index in [0.29, 0.717) is 5.82 Å². The lowest BCUT2D eigenvalue weighted by Crippen LogP contribution is -2.78. The third-order valence-corrected chi connectivity index (χ3v) is 1.71. The summed E-state index contributed by atoms with van der Waals surface area (Å²) in [5, 5.41) is 12.7. The molecule has 0 aliphatic carbocycles. The van der Waals surface area contributed by atoms with Gasteiger partial charge in [-0.15, -0.1) is 0 Å². The van der Waals surface area contributed by atoms with Crippen molar-refractivity contribution in [3.63, 3.8) is 0 Å². The largest absolute Gasteiger partial charge is 0.365 e. The van der Waals surface area contributed by atoms with Crippen molar-refractivity contribution < 1.29 is 10.1 Å². The van der Waals surface area contributed by atoms with Crippen LogP contribution in [0.2, 0.25) is 0 Å². The van der Waals surface area contributed by atoms with Crippen molar-refractivity contribution in [2.24, 2.45) is 5.73 Å². The van der Waals surface area contributed by atoms with E-state index in [1.807, 2.05) is 0 Å². The molecule has 6 nitrogen and oxygen atoms in total. The summed E-state index contributed by atoms with van der Waals surface area (Å²) in [6.07, 6.45) is 4.20. The molecule has 0 aliphatic heterocycles. The number of quaternary nitrogens is 1. The number of nitrogens with zero attached hydrogens (tertiary/aromatic N) is 2. The minimum absolute atomic E-state index is 0.135. The quantitative estimate of drug-likeness (QED) is 0.396. The highest BCUT2D eigenvalue weighted by molar-refractivity contribution is 6.14. The van der Waals surface area contributed by atoms with E-state index in [-0.39, 0.29) is 5.57 Å². The van der Waals surface area contributed by atoms with Crippen molar-refractivity contribution in [2.45, 2.75) is 0 Å². The van der Waals surface area contributed by atoms with Crippen LogP contribution in [-0.4, -0.2) is 28.9 Å². The molecule has 6 heteroatoms. The van der Waals surface area contributed by atoms with Gasteiger partial charge in [0.1, 0.15) is 5.57 Å². The third-order valence-electron chi connectivity index (χ3n) is 1.71.